The normalized spacial score (nSPS) is 15.4. The van der Waals surface area contributed by atoms with Gasteiger partial charge in [-0.15, -0.1) is 11.3 Å². The van der Waals surface area contributed by atoms with Crippen LogP contribution in [-0.4, -0.2) is 38.8 Å². The van der Waals surface area contributed by atoms with E-state index in [1.807, 2.05) is 6.92 Å². The lowest BCUT2D eigenvalue weighted by atomic mass is 10.2. The number of carbonyl (C=O) groups excluding carboxylic acids is 2. The number of thiazole rings is 1. The molecule has 1 aliphatic heterocycles. The predicted octanol–water partition coefficient (Wildman–Crippen LogP) is 2.04. The standard InChI is InChI=1S/C17H20N4O4S2/c1-3-10-5-14(23)21-12(9-27-17(21)19-10)7-13(22)20-16-18-11(8-26-16)6-15(24)25-4-2/h5,8,12H,3-4,6-7,9H2,1-2H3,(H,18,20,22). The average Bonchev–Trinajstić information content (AvgIpc) is 3.22. The van der Waals surface area contributed by atoms with Gasteiger partial charge in [0, 0.05) is 29.3 Å². The Morgan fingerprint density at radius 3 is 2.89 bits per heavy atom. The Morgan fingerprint density at radius 2 is 2.15 bits per heavy atom. The molecule has 10 heteroatoms. The van der Waals surface area contributed by atoms with E-state index in [2.05, 4.69) is 15.3 Å². The molecule has 3 rings (SSSR count). The van der Waals surface area contributed by atoms with Gasteiger partial charge in [-0.25, -0.2) is 9.97 Å². The number of aromatic nitrogens is 3. The zero-order valence-corrected chi connectivity index (χ0v) is 16.7. The summed E-state index contributed by atoms with van der Waals surface area (Å²) in [6.07, 6.45) is 0.945. The highest BCUT2D eigenvalue weighted by atomic mass is 32.2. The Kier molecular flexibility index (Phi) is 6.27. The van der Waals surface area contributed by atoms with E-state index < -0.39 is 0 Å². The molecular formula is C17H20N4O4S2. The van der Waals surface area contributed by atoms with Gasteiger partial charge < -0.3 is 10.1 Å². The van der Waals surface area contributed by atoms with Crippen LogP contribution in [-0.2, 0) is 27.2 Å². The summed E-state index contributed by atoms with van der Waals surface area (Å²) in [4.78, 5) is 44.9. The van der Waals surface area contributed by atoms with Crippen LogP contribution >= 0.6 is 23.1 Å². The number of fused-ring (bicyclic) bond motifs is 1. The van der Waals surface area contributed by atoms with Crippen molar-refractivity contribution in [2.75, 3.05) is 17.7 Å². The van der Waals surface area contributed by atoms with E-state index in [1.54, 1.807) is 16.9 Å². The maximum atomic E-state index is 12.4. The van der Waals surface area contributed by atoms with Gasteiger partial charge in [0.25, 0.3) is 5.56 Å². The van der Waals surface area contributed by atoms with Crippen molar-refractivity contribution in [1.82, 2.24) is 14.5 Å². The molecular weight excluding hydrogens is 388 g/mol. The molecule has 0 saturated carbocycles. The monoisotopic (exact) mass is 408 g/mol. The molecule has 0 radical (unpaired) electrons. The van der Waals surface area contributed by atoms with E-state index in [4.69, 9.17) is 4.74 Å². The van der Waals surface area contributed by atoms with Crippen molar-refractivity contribution < 1.29 is 14.3 Å². The fraction of sp³-hybridized carbons (Fsp3) is 0.471. The van der Waals surface area contributed by atoms with Crippen LogP contribution in [0.15, 0.2) is 21.4 Å². The third kappa shape index (κ3) is 4.75. The molecule has 1 atom stereocenters. The highest BCUT2D eigenvalue weighted by molar-refractivity contribution is 7.99. The Morgan fingerprint density at radius 1 is 1.33 bits per heavy atom. The van der Waals surface area contributed by atoms with E-state index in [0.29, 0.717) is 34.8 Å². The van der Waals surface area contributed by atoms with Crippen molar-refractivity contribution in [3.63, 3.8) is 0 Å². The Bertz CT molecular complexity index is 909. The number of anilines is 1. The highest BCUT2D eigenvalue weighted by Crippen LogP contribution is 2.32. The molecule has 1 amide bonds. The molecule has 1 N–H and O–H groups in total. The Hall–Kier alpha value is -2.20. The van der Waals surface area contributed by atoms with Crippen molar-refractivity contribution in [3.05, 3.63) is 33.2 Å². The minimum atomic E-state index is -0.349. The van der Waals surface area contributed by atoms with E-state index in [0.717, 1.165) is 5.69 Å². The maximum Gasteiger partial charge on any atom is 0.311 e. The van der Waals surface area contributed by atoms with Crippen LogP contribution < -0.4 is 10.9 Å². The zero-order chi connectivity index (χ0) is 19.4. The molecule has 0 saturated heterocycles. The maximum absolute atomic E-state index is 12.4. The Balaban J connectivity index is 1.61. The largest absolute Gasteiger partial charge is 0.466 e. The minimum absolute atomic E-state index is 0.0771. The van der Waals surface area contributed by atoms with Crippen LogP contribution in [0.3, 0.4) is 0 Å². The molecule has 0 aromatic carbocycles. The van der Waals surface area contributed by atoms with E-state index in [1.165, 1.54) is 29.2 Å². The predicted molar refractivity (Wildman–Crippen MR) is 103 cm³/mol. The second-order valence-electron chi connectivity index (χ2n) is 5.93. The van der Waals surface area contributed by atoms with Crippen LogP contribution in [0.5, 0.6) is 0 Å². The quantitative estimate of drug-likeness (QED) is 0.552. The molecule has 1 unspecified atom stereocenters. The topological polar surface area (TPSA) is 103 Å². The number of hydrogen-bond acceptors (Lipinski definition) is 8. The molecule has 0 fully saturated rings. The number of esters is 1. The van der Waals surface area contributed by atoms with Gasteiger partial charge in [-0.3, -0.25) is 19.0 Å². The molecule has 0 spiro atoms. The fourth-order valence-corrected chi connectivity index (χ4v) is 4.61. The average molecular weight is 409 g/mol. The first-order valence-corrected chi connectivity index (χ1v) is 10.5. The number of nitrogens with zero attached hydrogens (tertiary/aromatic N) is 3. The van der Waals surface area contributed by atoms with Crippen LogP contribution in [0.1, 0.15) is 37.7 Å². The van der Waals surface area contributed by atoms with E-state index in [9.17, 15) is 14.4 Å². The van der Waals surface area contributed by atoms with Gasteiger partial charge in [0.15, 0.2) is 10.3 Å². The van der Waals surface area contributed by atoms with E-state index >= 15 is 0 Å². The number of ether oxygens (including phenoxy) is 1. The SMILES string of the molecule is CCOC(=O)Cc1csc(NC(=O)CC2CSc3nc(CC)cc(=O)n32)n1. The molecule has 3 heterocycles. The lowest BCUT2D eigenvalue weighted by Crippen LogP contribution is -2.27. The molecule has 0 aliphatic carbocycles. The first kappa shape index (κ1) is 19.6. The van der Waals surface area contributed by atoms with Crippen molar-refractivity contribution in [2.24, 2.45) is 0 Å². The van der Waals surface area contributed by atoms with Gasteiger partial charge in [-0.1, -0.05) is 18.7 Å². The molecule has 0 bridgehead atoms. The van der Waals surface area contributed by atoms with Gasteiger partial charge in [-0.05, 0) is 13.3 Å². The summed E-state index contributed by atoms with van der Waals surface area (Å²) in [7, 11) is 0. The summed E-state index contributed by atoms with van der Waals surface area (Å²) < 4.78 is 6.48. The van der Waals surface area contributed by atoms with Crippen LogP contribution in [0.25, 0.3) is 0 Å². The van der Waals surface area contributed by atoms with Crippen molar-refractivity contribution in [2.45, 2.75) is 44.3 Å². The lowest BCUT2D eigenvalue weighted by Gasteiger charge is -2.12. The van der Waals surface area contributed by atoms with Crippen molar-refractivity contribution in [3.8, 4) is 0 Å². The third-order valence-electron chi connectivity index (χ3n) is 3.95. The third-order valence-corrected chi connectivity index (χ3v) is 5.86. The first-order chi connectivity index (χ1) is 13.0. The molecule has 27 heavy (non-hydrogen) atoms. The second-order valence-corrected chi connectivity index (χ2v) is 7.78. The minimum Gasteiger partial charge on any atom is -0.466 e. The number of amides is 1. The van der Waals surface area contributed by atoms with Gasteiger partial charge in [0.05, 0.1) is 24.8 Å². The summed E-state index contributed by atoms with van der Waals surface area (Å²) in [6, 6.07) is 1.30. The van der Waals surface area contributed by atoms with Crippen molar-refractivity contribution >= 4 is 40.1 Å². The lowest BCUT2D eigenvalue weighted by molar-refractivity contribution is -0.142. The molecule has 2 aromatic rings. The molecule has 1 aliphatic rings. The van der Waals surface area contributed by atoms with Gasteiger partial charge >= 0.3 is 5.97 Å². The van der Waals surface area contributed by atoms with Crippen molar-refractivity contribution in [1.29, 1.82) is 0 Å². The summed E-state index contributed by atoms with van der Waals surface area (Å²) in [5.41, 5.74) is 1.20. The van der Waals surface area contributed by atoms with Crippen LogP contribution in [0.2, 0.25) is 0 Å². The smallest absolute Gasteiger partial charge is 0.311 e. The number of hydrogen-bond donors (Lipinski definition) is 1. The van der Waals surface area contributed by atoms with Crippen LogP contribution in [0.4, 0.5) is 5.13 Å². The van der Waals surface area contributed by atoms with Gasteiger partial charge in [-0.2, -0.15) is 0 Å². The van der Waals surface area contributed by atoms with Crippen LogP contribution in [0, 0.1) is 0 Å². The zero-order valence-electron chi connectivity index (χ0n) is 15.1. The van der Waals surface area contributed by atoms with Gasteiger partial charge in [0.1, 0.15) is 0 Å². The molecule has 2 aromatic heterocycles. The Labute approximate surface area is 164 Å². The molecule has 8 nitrogen and oxygen atoms in total. The molecule has 144 valence electrons. The highest BCUT2D eigenvalue weighted by Gasteiger charge is 2.27. The number of aryl methyl sites for hydroxylation is 1. The summed E-state index contributed by atoms with van der Waals surface area (Å²) in [6.45, 7) is 4.02. The summed E-state index contributed by atoms with van der Waals surface area (Å²) in [5, 5.41) is 5.55. The first-order valence-electron chi connectivity index (χ1n) is 8.65. The fourth-order valence-electron chi connectivity index (χ4n) is 2.72. The number of nitrogens with one attached hydrogen (secondary N) is 1. The number of thioether (sulfide) groups is 1. The summed E-state index contributed by atoms with van der Waals surface area (Å²) >= 11 is 2.74. The summed E-state index contributed by atoms with van der Waals surface area (Å²) in [5.74, 6) is 0.0602. The van der Waals surface area contributed by atoms with E-state index in [-0.39, 0.29) is 36.3 Å². The second kappa shape index (κ2) is 8.66. The number of rotatable bonds is 7. The van der Waals surface area contributed by atoms with Gasteiger partial charge in [0.2, 0.25) is 5.91 Å². The number of carbonyl (C=O) groups is 2.